The summed E-state index contributed by atoms with van der Waals surface area (Å²) in [4.78, 5) is 0. The minimum atomic E-state index is -0.252. The van der Waals surface area contributed by atoms with Crippen LogP contribution in [0.2, 0.25) is 0 Å². The first-order chi connectivity index (χ1) is 9.13. The van der Waals surface area contributed by atoms with Crippen LogP contribution >= 0.6 is 27.7 Å². The van der Waals surface area contributed by atoms with E-state index in [4.69, 9.17) is 5.73 Å². The van der Waals surface area contributed by atoms with Gasteiger partial charge in [-0.25, -0.2) is 4.39 Å². The molecule has 0 bridgehead atoms. The van der Waals surface area contributed by atoms with Crippen LogP contribution in [-0.2, 0) is 12.3 Å². The van der Waals surface area contributed by atoms with Crippen LogP contribution in [-0.4, -0.2) is 21.3 Å². The summed E-state index contributed by atoms with van der Waals surface area (Å²) in [6, 6.07) is 5.02. The third kappa shape index (κ3) is 3.34. The van der Waals surface area contributed by atoms with Crippen molar-refractivity contribution in [1.82, 2.24) is 14.8 Å². The van der Waals surface area contributed by atoms with Gasteiger partial charge in [0.25, 0.3) is 0 Å². The van der Waals surface area contributed by atoms with E-state index in [9.17, 15) is 4.39 Å². The maximum atomic E-state index is 13.4. The standard InChI is InChI=1S/C12H14BrFN4S/c1-8-16-17-12(18(8)6-5-15)19-7-9-3-2-4-10(14)11(9)13/h2-4H,5-7,15H2,1H3. The molecule has 0 amide bonds. The van der Waals surface area contributed by atoms with Gasteiger partial charge in [0.1, 0.15) is 11.6 Å². The van der Waals surface area contributed by atoms with Gasteiger partial charge in [0.15, 0.2) is 5.16 Å². The summed E-state index contributed by atoms with van der Waals surface area (Å²) in [7, 11) is 0. The maximum Gasteiger partial charge on any atom is 0.191 e. The van der Waals surface area contributed by atoms with E-state index in [1.54, 1.807) is 6.07 Å². The van der Waals surface area contributed by atoms with Gasteiger partial charge >= 0.3 is 0 Å². The highest BCUT2D eigenvalue weighted by molar-refractivity contribution is 9.10. The van der Waals surface area contributed by atoms with Crippen molar-refractivity contribution in [3.63, 3.8) is 0 Å². The predicted octanol–water partition coefficient (Wildman–Crippen LogP) is 2.74. The van der Waals surface area contributed by atoms with Crippen LogP contribution in [0.1, 0.15) is 11.4 Å². The normalized spacial score (nSPS) is 10.9. The first kappa shape index (κ1) is 14.5. The Bertz CT molecular complexity index is 573. The number of hydrogen-bond donors (Lipinski definition) is 1. The van der Waals surface area contributed by atoms with Gasteiger partial charge in [0.05, 0.1) is 4.47 Å². The van der Waals surface area contributed by atoms with Crippen molar-refractivity contribution in [3.05, 3.63) is 39.9 Å². The highest BCUT2D eigenvalue weighted by Crippen LogP contribution is 2.27. The fraction of sp³-hybridized carbons (Fsp3) is 0.333. The van der Waals surface area contributed by atoms with E-state index in [2.05, 4.69) is 26.1 Å². The molecule has 0 saturated heterocycles. The number of benzene rings is 1. The smallest absolute Gasteiger partial charge is 0.191 e. The molecular formula is C12H14BrFN4S. The minimum absolute atomic E-state index is 0.252. The van der Waals surface area contributed by atoms with Crippen molar-refractivity contribution in [2.75, 3.05) is 6.54 Å². The molecule has 0 unspecified atom stereocenters. The highest BCUT2D eigenvalue weighted by atomic mass is 79.9. The lowest BCUT2D eigenvalue weighted by Gasteiger charge is -2.07. The maximum absolute atomic E-state index is 13.4. The lowest BCUT2D eigenvalue weighted by atomic mass is 10.2. The molecule has 0 atom stereocenters. The van der Waals surface area contributed by atoms with E-state index >= 15 is 0 Å². The van der Waals surface area contributed by atoms with Crippen LogP contribution in [0.3, 0.4) is 0 Å². The zero-order valence-electron chi connectivity index (χ0n) is 10.4. The Hall–Kier alpha value is -0.920. The second kappa shape index (κ2) is 6.49. The number of aryl methyl sites for hydroxylation is 1. The van der Waals surface area contributed by atoms with Gasteiger partial charge in [-0.1, -0.05) is 23.9 Å². The van der Waals surface area contributed by atoms with E-state index in [0.29, 0.717) is 23.3 Å². The van der Waals surface area contributed by atoms with Crippen molar-refractivity contribution in [3.8, 4) is 0 Å². The topological polar surface area (TPSA) is 56.7 Å². The van der Waals surface area contributed by atoms with Crippen LogP contribution in [0.5, 0.6) is 0 Å². The summed E-state index contributed by atoms with van der Waals surface area (Å²) >= 11 is 4.78. The molecule has 1 aromatic heterocycles. The van der Waals surface area contributed by atoms with Gasteiger partial charge in [0, 0.05) is 18.8 Å². The summed E-state index contributed by atoms with van der Waals surface area (Å²) in [5.41, 5.74) is 6.46. The van der Waals surface area contributed by atoms with Crippen molar-refractivity contribution >= 4 is 27.7 Å². The minimum Gasteiger partial charge on any atom is -0.329 e. The lowest BCUT2D eigenvalue weighted by molar-refractivity contribution is 0.619. The van der Waals surface area contributed by atoms with Crippen molar-refractivity contribution in [2.45, 2.75) is 24.4 Å². The van der Waals surface area contributed by atoms with Crippen molar-refractivity contribution in [1.29, 1.82) is 0 Å². The predicted molar refractivity (Wildman–Crippen MR) is 77.5 cm³/mol. The molecule has 0 aliphatic carbocycles. The van der Waals surface area contributed by atoms with Crippen LogP contribution in [0.25, 0.3) is 0 Å². The summed E-state index contributed by atoms with van der Waals surface area (Å²) < 4.78 is 15.9. The average molecular weight is 345 g/mol. The zero-order chi connectivity index (χ0) is 13.8. The lowest BCUT2D eigenvalue weighted by Crippen LogP contribution is -2.12. The quantitative estimate of drug-likeness (QED) is 0.847. The van der Waals surface area contributed by atoms with Gasteiger partial charge in [-0.2, -0.15) is 0 Å². The summed E-state index contributed by atoms with van der Waals surface area (Å²) in [6.45, 7) is 3.12. The van der Waals surface area contributed by atoms with Crippen molar-refractivity contribution < 1.29 is 4.39 Å². The summed E-state index contributed by atoms with van der Waals surface area (Å²) in [6.07, 6.45) is 0. The molecule has 102 valence electrons. The Labute approximate surface area is 123 Å². The van der Waals surface area contributed by atoms with E-state index < -0.39 is 0 Å². The third-order valence-electron chi connectivity index (χ3n) is 2.64. The zero-order valence-corrected chi connectivity index (χ0v) is 12.8. The molecule has 1 heterocycles. The van der Waals surface area contributed by atoms with Crippen LogP contribution in [0.4, 0.5) is 4.39 Å². The fourth-order valence-corrected chi connectivity index (χ4v) is 3.25. The molecule has 0 aliphatic heterocycles. The number of nitrogens with zero attached hydrogens (tertiary/aromatic N) is 3. The number of nitrogens with two attached hydrogens (primary N) is 1. The number of hydrogen-bond acceptors (Lipinski definition) is 4. The van der Waals surface area contributed by atoms with E-state index in [-0.39, 0.29) is 5.82 Å². The molecule has 0 saturated carbocycles. The van der Waals surface area contributed by atoms with Gasteiger partial charge < -0.3 is 10.3 Å². The van der Waals surface area contributed by atoms with Gasteiger partial charge in [-0.05, 0) is 34.5 Å². The molecule has 1 aromatic carbocycles. The Morgan fingerprint density at radius 3 is 2.95 bits per heavy atom. The van der Waals surface area contributed by atoms with Crippen molar-refractivity contribution in [2.24, 2.45) is 5.73 Å². The van der Waals surface area contributed by atoms with Crippen LogP contribution < -0.4 is 5.73 Å². The molecule has 0 aliphatic rings. The van der Waals surface area contributed by atoms with Crippen LogP contribution in [0, 0.1) is 12.7 Å². The average Bonchev–Trinajstić information content (AvgIpc) is 2.74. The number of aromatic nitrogens is 3. The molecular weight excluding hydrogens is 331 g/mol. The second-order valence-corrected chi connectivity index (χ2v) is 5.71. The summed E-state index contributed by atoms with van der Waals surface area (Å²) in [5, 5.41) is 8.96. The number of rotatable bonds is 5. The molecule has 2 rings (SSSR count). The molecule has 2 N–H and O–H groups in total. The molecule has 0 spiro atoms. The Balaban J connectivity index is 2.12. The largest absolute Gasteiger partial charge is 0.329 e. The third-order valence-corrected chi connectivity index (χ3v) is 4.55. The highest BCUT2D eigenvalue weighted by Gasteiger charge is 2.11. The van der Waals surface area contributed by atoms with Gasteiger partial charge in [-0.15, -0.1) is 10.2 Å². The molecule has 0 radical (unpaired) electrons. The Kier molecular flexibility index (Phi) is 4.95. The van der Waals surface area contributed by atoms with E-state index in [1.807, 2.05) is 17.6 Å². The van der Waals surface area contributed by atoms with Gasteiger partial charge in [-0.3, -0.25) is 0 Å². The first-order valence-electron chi connectivity index (χ1n) is 5.79. The number of halogens is 2. The monoisotopic (exact) mass is 344 g/mol. The molecule has 2 aromatic rings. The second-order valence-electron chi connectivity index (χ2n) is 3.97. The van der Waals surface area contributed by atoms with E-state index in [1.165, 1.54) is 17.8 Å². The number of thioether (sulfide) groups is 1. The molecule has 7 heteroatoms. The molecule has 4 nitrogen and oxygen atoms in total. The Morgan fingerprint density at radius 2 is 2.21 bits per heavy atom. The summed E-state index contributed by atoms with van der Waals surface area (Å²) in [5.74, 6) is 1.21. The SMILES string of the molecule is Cc1nnc(SCc2cccc(F)c2Br)n1CCN. The van der Waals surface area contributed by atoms with Gasteiger partial charge in [0.2, 0.25) is 0 Å². The Morgan fingerprint density at radius 1 is 1.42 bits per heavy atom. The van der Waals surface area contributed by atoms with E-state index in [0.717, 1.165) is 16.5 Å². The molecule has 0 fully saturated rings. The first-order valence-corrected chi connectivity index (χ1v) is 7.57. The van der Waals surface area contributed by atoms with Crippen LogP contribution in [0.15, 0.2) is 27.8 Å². The molecule has 19 heavy (non-hydrogen) atoms. The fourth-order valence-electron chi connectivity index (χ4n) is 1.66.